The maximum Gasteiger partial charge on any atom is 0.309 e. The van der Waals surface area contributed by atoms with Crippen LogP contribution in [-0.4, -0.2) is 46.9 Å². The van der Waals surface area contributed by atoms with Crippen LogP contribution in [0.3, 0.4) is 0 Å². The van der Waals surface area contributed by atoms with Crippen molar-refractivity contribution in [1.29, 1.82) is 0 Å². The van der Waals surface area contributed by atoms with Gasteiger partial charge in [-0.2, -0.15) is 9.29 Å². The summed E-state index contributed by atoms with van der Waals surface area (Å²) in [4.78, 5) is 20.5. The molecule has 0 aliphatic carbocycles. The van der Waals surface area contributed by atoms with E-state index in [2.05, 4.69) is 15.1 Å². The topological polar surface area (TPSA) is 115 Å². The molecular weight excluding hydrogens is 439 g/mol. The van der Waals surface area contributed by atoms with Crippen molar-refractivity contribution in [2.24, 2.45) is 5.92 Å². The lowest BCUT2D eigenvalue weighted by Crippen LogP contribution is -2.40. The van der Waals surface area contributed by atoms with Crippen LogP contribution in [-0.2, 0) is 26.2 Å². The van der Waals surface area contributed by atoms with Crippen LogP contribution in [0.5, 0.6) is 0 Å². The number of carbonyl (C=O) groups excluding carboxylic acids is 1. The number of piperidine rings is 1. The van der Waals surface area contributed by atoms with Crippen molar-refractivity contribution in [3.63, 3.8) is 0 Å². The fourth-order valence-corrected chi connectivity index (χ4v) is 4.83. The number of nitrogens with zero attached hydrogens (tertiary/aromatic N) is 4. The number of hydrogen-bond donors (Lipinski definition) is 0. The molecule has 0 amide bonds. The standard InChI is InChI=1S/C21H21FN4O5S/c1-14-4-5-16(11-18(14)22)20-24-19(31-25-20)13-30-21(27)15-6-9-26(10-7-15)32(28,29)17-3-2-8-23-12-17/h2-5,8,11-12,15H,6-7,9-10,13H2,1H3. The zero-order valence-corrected chi connectivity index (χ0v) is 18.1. The van der Waals surface area contributed by atoms with Gasteiger partial charge in [-0.25, -0.2) is 12.8 Å². The molecule has 0 saturated carbocycles. The third-order valence-electron chi connectivity index (χ3n) is 5.30. The Morgan fingerprint density at radius 2 is 2.06 bits per heavy atom. The Morgan fingerprint density at radius 1 is 1.28 bits per heavy atom. The van der Waals surface area contributed by atoms with Gasteiger partial charge in [0.05, 0.1) is 5.92 Å². The second-order valence-electron chi connectivity index (χ2n) is 7.45. The number of esters is 1. The molecular formula is C21H21FN4O5S. The summed E-state index contributed by atoms with van der Waals surface area (Å²) in [6.07, 6.45) is 3.50. The summed E-state index contributed by atoms with van der Waals surface area (Å²) in [5, 5.41) is 3.79. The van der Waals surface area contributed by atoms with E-state index in [0.717, 1.165) is 0 Å². The molecule has 2 aromatic heterocycles. The zero-order valence-electron chi connectivity index (χ0n) is 17.3. The minimum Gasteiger partial charge on any atom is -0.455 e. The van der Waals surface area contributed by atoms with Gasteiger partial charge in [0.1, 0.15) is 10.7 Å². The van der Waals surface area contributed by atoms with Crippen molar-refractivity contribution >= 4 is 16.0 Å². The van der Waals surface area contributed by atoms with E-state index in [0.29, 0.717) is 24.0 Å². The van der Waals surface area contributed by atoms with Crippen molar-refractivity contribution in [3.8, 4) is 11.4 Å². The van der Waals surface area contributed by atoms with Crippen LogP contribution in [0.1, 0.15) is 24.3 Å². The van der Waals surface area contributed by atoms with E-state index in [1.54, 1.807) is 25.1 Å². The number of aromatic nitrogens is 3. The lowest BCUT2D eigenvalue weighted by atomic mass is 9.98. The van der Waals surface area contributed by atoms with Crippen LogP contribution in [0.15, 0.2) is 52.1 Å². The van der Waals surface area contributed by atoms with Crippen molar-refractivity contribution in [3.05, 3.63) is 60.0 Å². The number of carbonyl (C=O) groups is 1. The van der Waals surface area contributed by atoms with Crippen molar-refractivity contribution in [2.75, 3.05) is 13.1 Å². The van der Waals surface area contributed by atoms with Crippen LogP contribution < -0.4 is 0 Å². The minimum absolute atomic E-state index is 0.0888. The molecule has 3 aromatic rings. The molecule has 168 valence electrons. The first-order chi connectivity index (χ1) is 15.3. The lowest BCUT2D eigenvalue weighted by Gasteiger charge is -2.29. The van der Waals surface area contributed by atoms with Crippen LogP contribution >= 0.6 is 0 Å². The van der Waals surface area contributed by atoms with Gasteiger partial charge in [-0.1, -0.05) is 17.3 Å². The summed E-state index contributed by atoms with van der Waals surface area (Å²) < 4.78 is 50.7. The van der Waals surface area contributed by atoms with Gasteiger partial charge < -0.3 is 9.26 Å². The number of benzene rings is 1. The van der Waals surface area contributed by atoms with Gasteiger partial charge in [0, 0.05) is 31.0 Å². The van der Waals surface area contributed by atoms with E-state index >= 15 is 0 Å². The molecule has 32 heavy (non-hydrogen) atoms. The molecule has 9 nitrogen and oxygen atoms in total. The van der Waals surface area contributed by atoms with Gasteiger partial charge in [-0.15, -0.1) is 0 Å². The molecule has 0 radical (unpaired) electrons. The second kappa shape index (κ2) is 9.13. The summed E-state index contributed by atoms with van der Waals surface area (Å²) in [5.74, 6) is -0.972. The molecule has 3 heterocycles. The fraction of sp³-hybridized carbons (Fsp3) is 0.333. The quantitative estimate of drug-likeness (QED) is 0.516. The number of aryl methyl sites for hydroxylation is 1. The minimum atomic E-state index is -3.64. The molecule has 0 bridgehead atoms. The van der Waals surface area contributed by atoms with E-state index in [9.17, 15) is 17.6 Å². The molecule has 0 unspecified atom stereocenters. The normalized spacial score (nSPS) is 15.6. The molecule has 1 aliphatic heterocycles. The highest BCUT2D eigenvalue weighted by molar-refractivity contribution is 7.89. The number of halogens is 1. The van der Waals surface area contributed by atoms with Crippen molar-refractivity contribution in [1.82, 2.24) is 19.4 Å². The van der Waals surface area contributed by atoms with E-state index in [4.69, 9.17) is 9.26 Å². The molecule has 0 N–H and O–H groups in total. The van der Waals surface area contributed by atoms with Gasteiger partial charge in [0.2, 0.25) is 15.8 Å². The third kappa shape index (κ3) is 4.68. The van der Waals surface area contributed by atoms with Gasteiger partial charge in [0.25, 0.3) is 5.89 Å². The van der Waals surface area contributed by atoms with Gasteiger partial charge in [-0.05, 0) is 43.5 Å². The predicted octanol–water partition coefficient (Wildman–Crippen LogP) is 2.72. The molecule has 1 aliphatic rings. The average Bonchev–Trinajstić information content (AvgIpc) is 3.29. The Labute approximate surface area is 184 Å². The average molecular weight is 460 g/mol. The number of rotatable bonds is 6. The Morgan fingerprint density at radius 3 is 2.75 bits per heavy atom. The Hall–Kier alpha value is -3.18. The van der Waals surface area contributed by atoms with Crippen molar-refractivity contribution < 1.29 is 26.9 Å². The van der Waals surface area contributed by atoms with Gasteiger partial charge in [-0.3, -0.25) is 9.78 Å². The lowest BCUT2D eigenvalue weighted by molar-refractivity contribution is -0.152. The maximum absolute atomic E-state index is 13.7. The van der Waals surface area contributed by atoms with Crippen LogP contribution in [0.2, 0.25) is 0 Å². The first-order valence-corrected chi connectivity index (χ1v) is 11.4. The van der Waals surface area contributed by atoms with Crippen molar-refractivity contribution in [2.45, 2.75) is 31.3 Å². The molecule has 0 atom stereocenters. The smallest absolute Gasteiger partial charge is 0.309 e. The zero-order chi connectivity index (χ0) is 22.7. The monoisotopic (exact) mass is 460 g/mol. The summed E-state index contributed by atoms with van der Waals surface area (Å²) in [5.41, 5.74) is 0.960. The predicted molar refractivity (Wildman–Crippen MR) is 110 cm³/mol. The summed E-state index contributed by atoms with van der Waals surface area (Å²) in [6.45, 7) is 1.86. The SMILES string of the molecule is Cc1ccc(-c2noc(COC(=O)C3CCN(S(=O)(=O)c4cccnc4)CC3)n2)cc1F. The molecule has 4 rings (SSSR count). The van der Waals surface area contributed by atoms with Crippen LogP contribution in [0.4, 0.5) is 4.39 Å². The fourth-order valence-electron chi connectivity index (χ4n) is 3.39. The van der Waals surface area contributed by atoms with Gasteiger partial charge >= 0.3 is 5.97 Å². The highest BCUT2D eigenvalue weighted by atomic mass is 32.2. The highest BCUT2D eigenvalue weighted by Crippen LogP contribution is 2.25. The first kappa shape index (κ1) is 22.0. The molecule has 11 heteroatoms. The van der Waals surface area contributed by atoms with E-state index < -0.39 is 21.9 Å². The number of sulfonamides is 1. The third-order valence-corrected chi connectivity index (χ3v) is 7.18. The van der Waals surface area contributed by atoms with Crippen LogP contribution in [0, 0.1) is 18.7 Å². The molecule has 1 saturated heterocycles. The summed E-state index contributed by atoms with van der Waals surface area (Å²) in [7, 11) is -3.64. The highest BCUT2D eigenvalue weighted by Gasteiger charge is 2.33. The Balaban J connectivity index is 1.30. The summed E-state index contributed by atoms with van der Waals surface area (Å²) >= 11 is 0. The number of pyridine rings is 1. The van der Waals surface area contributed by atoms with Gasteiger partial charge in [0.15, 0.2) is 6.61 Å². The van der Waals surface area contributed by atoms with E-state index in [-0.39, 0.29) is 42.1 Å². The molecule has 0 spiro atoms. The summed E-state index contributed by atoms with van der Waals surface area (Å²) in [6, 6.07) is 7.65. The largest absolute Gasteiger partial charge is 0.455 e. The molecule has 1 fully saturated rings. The van der Waals surface area contributed by atoms with E-state index in [1.165, 1.54) is 28.8 Å². The Bertz CT molecular complexity index is 1210. The number of hydrogen-bond acceptors (Lipinski definition) is 8. The number of ether oxygens (including phenoxy) is 1. The van der Waals surface area contributed by atoms with Crippen LogP contribution in [0.25, 0.3) is 11.4 Å². The first-order valence-electron chi connectivity index (χ1n) is 10.0. The van der Waals surface area contributed by atoms with E-state index in [1.807, 2.05) is 0 Å². The second-order valence-corrected chi connectivity index (χ2v) is 9.39. The molecule has 1 aromatic carbocycles. The Kier molecular flexibility index (Phi) is 6.28. The maximum atomic E-state index is 13.7.